The molecule has 7 nitrogen and oxygen atoms in total. The van der Waals surface area contributed by atoms with Crippen LogP contribution < -0.4 is 10.6 Å². The molecular formula is C9H13N3O4. The molecule has 0 unspecified atom stereocenters. The fourth-order valence-electron chi connectivity index (χ4n) is 1.10. The molecule has 0 spiro atoms. The Bertz CT molecular complexity index is 375. The zero-order chi connectivity index (χ0) is 12.0. The molecule has 1 heterocycles. The Kier molecular flexibility index (Phi) is 4.46. The van der Waals surface area contributed by atoms with E-state index in [1.807, 2.05) is 0 Å². The van der Waals surface area contributed by atoms with Crippen molar-refractivity contribution in [2.75, 3.05) is 13.6 Å². The summed E-state index contributed by atoms with van der Waals surface area (Å²) >= 11 is 0. The molecule has 0 aliphatic heterocycles. The van der Waals surface area contributed by atoms with Gasteiger partial charge in [-0.2, -0.15) is 0 Å². The summed E-state index contributed by atoms with van der Waals surface area (Å²) in [4.78, 5) is 20.6. The normalized spacial score (nSPS) is 10.1. The number of nitro groups is 1. The maximum absolute atomic E-state index is 10.9. The SMILES string of the molecule is CNC(=O)CCNCc1ccc([N+](=O)[O-])o1. The van der Waals surface area contributed by atoms with Crippen LogP contribution in [0.4, 0.5) is 5.88 Å². The van der Waals surface area contributed by atoms with Crippen molar-refractivity contribution in [1.82, 2.24) is 10.6 Å². The zero-order valence-electron chi connectivity index (χ0n) is 8.86. The first kappa shape index (κ1) is 12.2. The first-order chi connectivity index (χ1) is 7.63. The predicted molar refractivity (Wildman–Crippen MR) is 55.8 cm³/mol. The lowest BCUT2D eigenvalue weighted by molar-refractivity contribution is -0.402. The molecule has 0 atom stereocenters. The minimum absolute atomic E-state index is 0.0575. The van der Waals surface area contributed by atoms with Crippen molar-refractivity contribution in [1.29, 1.82) is 0 Å². The van der Waals surface area contributed by atoms with Gasteiger partial charge in [-0.15, -0.1) is 0 Å². The molecular weight excluding hydrogens is 214 g/mol. The van der Waals surface area contributed by atoms with Crippen molar-refractivity contribution >= 4 is 11.8 Å². The monoisotopic (exact) mass is 227 g/mol. The topological polar surface area (TPSA) is 97.4 Å². The van der Waals surface area contributed by atoms with Crippen molar-refractivity contribution < 1.29 is 14.1 Å². The molecule has 0 saturated carbocycles. The smallest absolute Gasteiger partial charge is 0.404 e. The highest BCUT2D eigenvalue weighted by Crippen LogP contribution is 2.14. The van der Waals surface area contributed by atoms with E-state index in [4.69, 9.17) is 4.42 Å². The first-order valence-electron chi connectivity index (χ1n) is 4.78. The van der Waals surface area contributed by atoms with Gasteiger partial charge in [-0.1, -0.05) is 0 Å². The van der Waals surface area contributed by atoms with Crippen LogP contribution in [0.3, 0.4) is 0 Å². The van der Waals surface area contributed by atoms with Gasteiger partial charge >= 0.3 is 5.88 Å². The molecule has 16 heavy (non-hydrogen) atoms. The maximum atomic E-state index is 10.9. The molecule has 2 N–H and O–H groups in total. The minimum atomic E-state index is -0.589. The summed E-state index contributed by atoms with van der Waals surface area (Å²) in [5.74, 6) is 0.143. The molecule has 0 saturated heterocycles. The Morgan fingerprint density at radius 1 is 1.56 bits per heavy atom. The summed E-state index contributed by atoms with van der Waals surface area (Å²) in [7, 11) is 1.57. The van der Waals surface area contributed by atoms with E-state index in [1.54, 1.807) is 7.05 Å². The molecule has 0 aliphatic rings. The Morgan fingerprint density at radius 2 is 2.31 bits per heavy atom. The van der Waals surface area contributed by atoms with E-state index in [1.165, 1.54) is 12.1 Å². The van der Waals surface area contributed by atoms with Crippen LogP contribution in [0.25, 0.3) is 0 Å². The van der Waals surface area contributed by atoms with Gasteiger partial charge < -0.3 is 15.1 Å². The number of rotatable bonds is 6. The van der Waals surface area contributed by atoms with Crippen molar-refractivity contribution in [2.45, 2.75) is 13.0 Å². The molecule has 0 aromatic carbocycles. The highest BCUT2D eigenvalue weighted by atomic mass is 16.6. The Hall–Kier alpha value is -1.89. The summed E-state index contributed by atoms with van der Waals surface area (Å²) in [5.41, 5.74) is 0. The van der Waals surface area contributed by atoms with Gasteiger partial charge in [-0.25, -0.2) is 0 Å². The van der Waals surface area contributed by atoms with E-state index in [-0.39, 0.29) is 11.8 Å². The van der Waals surface area contributed by atoms with Gasteiger partial charge in [-0.05, 0) is 6.07 Å². The van der Waals surface area contributed by atoms with Crippen molar-refractivity contribution in [3.8, 4) is 0 Å². The van der Waals surface area contributed by atoms with Crippen molar-refractivity contribution in [2.24, 2.45) is 0 Å². The number of amides is 1. The second kappa shape index (κ2) is 5.86. The maximum Gasteiger partial charge on any atom is 0.433 e. The number of carbonyl (C=O) groups is 1. The average molecular weight is 227 g/mol. The van der Waals surface area contributed by atoms with Crippen LogP contribution >= 0.6 is 0 Å². The van der Waals surface area contributed by atoms with Crippen LogP contribution in [-0.2, 0) is 11.3 Å². The molecule has 0 fully saturated rings. The fourth-order valence-corrected chi connectivity index (χ4v) is 1.10. The summed E-state index contributed by atoms with van der Waals surface area (Å²) in [6.45, 7) is 0.860. The van der Waals surface area contributed by atoms with Crippen LogP contribution in [0.5, 0.6) is 0 Å². The van der Waals surface area contributed by atoms with E-state index < -0.39 is 4.92 Å². The van der Waals surface area contributed by atoms with Crippen LogP contribution in [0.15, 0.2) is 16.5 Å². The summed E-state index contributed by atoms with van der Waals surface area (Å²) in [5, 5.41) is 15.7. The van der Waals surface area contributed by atoms with Crippen LogP contribution in [-0.4, -0.2) is 24.4 Å². The Balaban J connectivity index is 2.27. The number of furan rings is 1. The standard InChI is InChI=1S/C9H13N3O4/c1-10-8(13)4-5-11-6-7-2-3-9(16-7)12(14)15/h2-3,11H,4-6H2,1H3,(H,10,13). The van der Waals surface area contributed by atoms with E-state index in [2.05, 4.69) is 10.6 Å². The van der Waals surface area contributed by atoms with Gasteiger partial charge in [-0.3, -0.25) is 14.9 Å². The molecule has 7 heteroatoms. The molecule has 0 bridgehead atoms. The summed E-state index contributed by atoms with van der Waals surface area (Å²) in [6.07, 6.45) is 0.360. The third kappa shape index (κ3) is 3.70. The summed E-state index contributed by atoms with van der Waals surface area (Å²) < 4.78 is 4.92. The average Bonchev–Trinajstić information content (AvgIpc) is 2.72. The van der Waals surface area contributed by atoms with Crippen LogP contribution in [0.2, 0.25) is 0 Å². The first-order valence-corrected chi connectivity index (χ1v) is 4.78. The summed E-state index contributed by atoms with van der Waals surface area (Å²) in [6, 6.07) is 2.83. The molecule has 88 valence electrons. The van der Waals surface area contributed by atoms with Gasteiger partial charge in [0.05, 0.1) is 12.6 Å². The van der Waals surface area contributed by atoms with Gasteiger partial charge in [0.1, 0.15) is 10.7 Å². The second-order valence-corrected chi connectivity index (χ2v) is 3.10. The van der Waals surface area contributed by atoms with Crippen LogP contribution in [0.1, 0.15) is 12.2 Å². The largest absolute Gasteiger partial charge is 0.433 e. The number of hydrogen-bond acceptors (Lipinski definition) is 5. The lowest BCUT2D eigenvalue weighted by atomic mass is 10.4. The minimum Gasteiger partial charge on any atom is -0.404 e. The second-order valence-electron chi connectivity index (χ2n) is 3.10. The molecule has 1 rings (SSSR count). The quantitative estimate of drug-likeness (QED) is 0.417. The zero-order valence-corrected chi connectivity index (χ0v) is 8.86. The molecule has 0 aliphatic carbocycles. The number of carbonyl (C=O) groups excluding carboxylic acids is 1. The highest BCUT2D eigenvalue weighted by molar-refractivity contribution is 5.75. The lowest BCUT2D eigenvalue weighted by Crippen LogP contribution is -2.24. The van der Waals surface area contributed by atoms with Crippen molar-refractivity contribution in [3.05, 3.63) is 28.0 Å². The van der Waals surface area contributed by atoms with Gasteiger partial charge in [0, 0.05) is 20.0 Å². The van der Waals surface area contributed by atoms with E-state index in [9.17, 15) is 14.9 Å². The molecule has 1 aromatic heterocycles. The van der Waals surface area contributed by atoms with E-state index in [0.717, 1.165) is 0 Å². The van der Waals surface area contributed by atoms with Gasteiger partial charge in [0.25, 0.3) is 0 Å². The third-order valence-electron chi connectivity index (χ3n) is 1.93. The lowest BCUT2D eigenvalue weighted by Gasteiger charge is -2.01. The molecule has 1 amide bonds. The molecule has 1 aromatic rings. The number of nitrogens with zero attached hydrogens (tertiary/aromatic N) is 1. The molecule has 0 radical (unpaired) electrons. The Labute approximate surface area is 92.0 Å². The van der Waals surface area contributed by atoms with Crippen LogP contribution in [0, 0.1) is 10.1 Å². The number of nitrogens with one attached hydrogen (secondary N) is 2. The van der Waals surface area contributed by atoms with Gasteiger partial charge in [0.15, 0.2) is 0 Å². The van der Waals surface area contributed by atoms with E-state index in [0.29, 0.717) is 25.3 Å². The highest BCUT2D eigenvalue weighted by Gasteiger charge is 2.11. The Morgan fingerprint density at radius 3 is 2.88 bits per heavy atom. The number of hydrogen-bond donors (Lipinski definition) is 2. The van der Waals surface area contributed by atoms with E-state index >= 15 is 0 Å². The third-order valence-corrected chi connectivity index (χ3v) is 1.93. The van der Waals surface area contributed by atoms with Crippen molar-refractivity contribution in [3.63, 3.8) is 0 Å². The fraction of sp³-hybridized carbons (Fsp3) is 0.444. The predicted octanol–water partition coefficient (Wildman–Crippen LogP) is 0.414. The van der Waals surface area contributed by atoms with Gasteiger partial charge in [0.2, 0.25) is 5.91 Å².